The zero-order chi connectivity index (χ0) is 12.2. The molecular formula is C9H11F2INO2S-. The average molecular weight is 362 g/mol. The number of hydrogen-bond acceptors (Lipinski definition) is 3. The number of alkyl halides is 4. The second kappa shape index (κ2) is 5.87. The monoisotopic (exact) mass is 362 g/mol. The fraction of sp³-hybridized carbons (Fsp3) is 0.333. The third-order valence-corrected chi connectivity index (χ3v) is 5.12. The minimum atomic E-state index is -3.37. The molecule has 0 bridgehead atoms. The number of hydrogen-bond donors (Lipinski definition) is 2. The number of aliphatic hydroxyl groups is 1. The Labute approximate surface area is 103 Å². The fourth-order valence-electron chi connectivity index (χ4n) is 1.05. The van der Waals surface area contributed by atoms with Crippen molar-refractivity contribution in [3.8, 4) is 0 Å². The molecule has 2 N–H and O–H groups in total. The van der Waals surface area contributed by atoms with Crippen LogP contribution >= 0.6 is 0 Å². The molecule has 0 aliphatic heterocycles. The van der Waals surface area contributed by atoms with Gasteiger partial charge in [-0.25, -0.2) is 0 Å². The van der Waals surface area contributed by atoms with E-state index in [1.807, 2.05) is 0 Å². The summed E-state index contributed by atoms with van der Waals surface area (Å²) in [6.45, 7) is 0. The SMILES string of the molecule is N=S(=O)(CF)c1ccc(C(O)[I-]CF)cc1. The molecule has 0 aliphatic rings. The quantitative estimate of drug-likeness (QED) is 0.523. The van der Waals surface area contributed by atoms with Crippen molar-refractivity contribution in [1.29, 1.82) is 4.78 Å². The summed E-state index contributed by atoms with van der Waals surface area (Å²) in [5.74, 6) is 0. The predicted octanol–water partition coefficient (Wildman–Crippen LogP) is -0.974. The molecule has 0 saturated carbocycles. The summed E-state index contributed by atoms with van der Waals surface area (Å²) >= 11 is -0.959. The van der Waals surface area contributed by atoms with E-state index in [4.69, 9.17) is 4.78 Å². The van der Waals surface area contributed by atoms with Crippen LogP contribution in [0.1, 0.15) is 9.67 Å². The summed E-state index contributed by atoms with van der Waals surface area (Å²) in [5.41, 5.74) is 0.517. The molecule has 1 rings (SSSR count). The van der Waals surface area contributed by atoms with Crippen molar-refractivity contribution in [2.24, 2.45) is 0 Å². The molecule has 0 fully saturated rings. The third-order valence-electron chi connectivity index (χ3n) is 1.89. The van der Waals surface area contributed by atoms with Gasteiger partial charge in [-0.1, -0.05) is 0 Å². The van der Waals surface area contributed by atoms with Crippen LogP contribution in [0.2, 0.25) is 0 Å². The van der Waals surface area contributed by atoms with Gasteiger partial charge in [-0.05, 0) is 0 Å². The van der Waals surface area contributed by atoms with Gasteiger partial charge >= 0.3 is 103 Å². The Morgan fingerprint density at radius 3 is 2.38 bits per heavy atom. The summed E-state index contributed by atoms with van der Waals surface area (Å²) in [7, 11) is -3.37. The van der Waals surface area contributed by atoms with Crippen LogP contribution in [0.5, 0.6) is 0 Å². The van der Waals surface area contributed by atoms with E-state index in [0.717, 1.165) is 0 Å². The van der Waals surface area contributed by atoms with Crippen molar-refractivity contribution < 1.29 is 39.3 Å². The molecular weight excluding hydrogens is 351 g/mol. The number of aliphatic hydroxyl groups excluding tert-OH is 1. The maximum atomic E-state index is 12.3. The summed E-state index contributed by atoms with van der Waals surface area (Å²) < 4.78 is 41.5. The van der Waals surface area contributed by atoms with Crippen LogP contribution in [0.3, 0.4) is 0 Å². The van der Waals surface area contributed by atoms with Gasteiger partial charge in [0.05, 0.1) is 0 Å². The molecule has 1 aromatic rings. The van der Waals surface area contributed by atoms with E-state index in [9.17, 15) is 18.1 Å². The van der Waals surface area contributed by atoms with E-state index in [0.29, 0.717) is 5.56 Å². The van der Waals surface area contributed by atoms with Gasteiger partial charge in [-0.3, -0.25) is 0 Å². The first-order chi connectivity index (χ1) is 7.51. The van der Waals surface area contributed by atoms with E-state index in [1.165, 1.54) is 24.3 Å². The van der Waals surface area contributed by atoms with E-state index in [1.54, 1.807) is 0 Å². The van der Waals surface area contributed by atoms with Crippen molar-refractivity contribution in [3.63, 3.8) is 0 Å². The molecule has 0 spiro atoms. The molecule has 0 aliphatic carbocycles. The Balaban J connectivity index is 2.91. The van der Waals surface area contributed by atoms with Crippen LogP contribution in [0.4, 0.5) is 8.78 Å². The van der Waals surface area contributed by atoms with Gasteiger partial charge in [0.15, 0.2) is 0 Å². The molecule has 0 amide bonds. The van der Waals surface area contributed by atoms with E-state index in [-0.39, 0.29) is 4.90 Å². The topological polar surface area (TPSA) is 61.2 Å². The van der Waals surface area contributed by atoms with Crippen LogP contribution in [-0.4, -0.2) is 20.0 Å². The van der Waals surface area contributed by atoms with Gasteiger partial charge in [0.25, 0.3) is 0 Å². The molecule has 92 valence electrons. The Morgan fingerprint density at radius 1 is 1.38 bits per heavy atom. The Kier molecular flexibility index (Phi) is 5.06. The van der Waals surface area contributed by atoms with E-state index in [2.05, 4.69) is 0 Å². The van der Waals surface area contributed by atoms with Gasteiger partial charge < -0.3 is 0 Å². The van der Waals surface area contributed by atoms with Crippen LogP contribution in [0.25, 0.3) is 0 Å². The van der Waals surface area contributed by atoms with Crippen molar-refractivity contribution in [2.75, 3.05) is 10.7 Å². The van der Waals surface area contributed by atoms with Gasteiger partial charge in [0.2, 0.25) is 0 Å². The minimum absolute atomic E-state index is 0.0874. The summed E-state index contributed by atoms with van der Waals surface area (Å²) in [6.07, 6.45) is 0. The van der Waals surface area contributed by atoms with Crippen LogP contribution in [0.15, 0.2) is 29.2 Å². The summed E-state index contributed by atoms with van der Waals surface area (Å²) in [4.78, 5) is 0.0874. The van der Waals surface area contributed by atoms with Crippen molar-refractivity contribution in [1.82, 2.24) is 0 Å². The molecule has 0 aromatic heterocycles. The van der Waals surface area contributed by atoms with E-state index < -0.39 is 45.7 Å². The van der Waals surface area contributed by atoms with Crippen LogP contribution in [-0.2, 0) is 9.73 Å². The second-order valence-electron chi connectivity index (χ2n) is 2.94. The summed E-state index contributed by atoms with van der Waals surface area (Å²) in [5, 5.41) is 9.49. The molecule has 0 radical (unpaired) electrons. The van der Waals surface area contributed by atoms with Gasteiger partial charge in [-0.2, -0.15) is 0 Å². The average Bonchev–Trinajstić information content (AvgIpc) is 2.29. The van der Waals surface area contributed by atoms with Gasteiger partial charge in [-0.15, -0.1) is 0 Å². The molecule has 7 heteroatoms. The molecule has 2 unspecified atom stereocenters. The molecule has 16 heavy (non-hydrogen) atoms. The first kappa shape index (κ1) is 13.8. The van der Waals surface area contributed by atoms with Gasteiger partial charge in [0, 0.05) is 0 Å². The van der Waals surface area contributed by atoms with Crippen LogP contribution in [0, 0.1) is 4.78 Å². The number of benzene rings is 1. The number of rotatable bonds is 5. The first-order valence-electron chi connectivity index (χ1n) is 4.25. The van der Waals surface area contributed by atoms with Crippen molar-refractivity contribution in [3.05, 3.63) is 29.8 Å². The van der Waals surface area contributed by atoms with Crippen molar-refractivity contribution >= 4 is 9.73 Å². The first-order valence-corrected chi connectivity index (χ1v) is 8.75. The second-order valence-corrected chi connectivity index (χ2v) is 7.62. The predicted molar refractivity (Wildman–Crippen MR) is 52.5 cm³/mol. The Hall–Kier alpha value is -0.280. The standard InChI is InChI=1S/C9H11F2INO2S/c10-5-12-9(14)7-1-3-8(4-2-7)16(13,15)6-11/h1-4,9,13-14H,5-6H2/q-1. The molecule has 2 atom stereocenters. The number of halogens is 3. The van der Waals surface area contributed by atoms with Gasteiger partial charge in [0.1, 0.15) is 0 Å². The number of nitrogens with one attached hydrogen (secondary N) is 1. The zero-order valence-corrected chi connectivity index (χ0v) is 11.2. The Morgan fingerprint density at radius 2 is 1.94 bits per heavy atom. The van der Waals surface area contributed by atoms with E-state index >= 15 is 0 Å². The fourth-order valence-corrected chi connectivity index (χ4v) is 2.99. The molecule has 0 saturated heterocycles. The normalized spacial score (nSPS) is 16.9. The zero-order valence-electron chi connectivity index (χ0n) is 8.20. The summed E-state index contributed by atoms with van der Waals surface area (Å²) in [6, 6.07) is 4.37. The molecule has 0 heterocycles. The van der Waals surface area contributed by atoms with Crippen LogP contribution < -0.4 is 21.2 Å². The molecule has 3 nitrogen and oxygen atoms in total. The Bertz CT molecular complexity index is 435. The van der Waals surface area contributed by atoms with Crippen molar-refractivity contribution in [2.45, 2.75) is 9.01 Å². The maximum absolute atomic E-state index is 12.3. The third kappa shape index (κ3) is 3.36. The molecule has 1 aromatic carbocycles.